The monoisotopic (exact) mass is 282 g/mol. The number of carboxylic acid groups (broad SMARTS) is 1. The van der Waals surface area contributed by atoms with Crippen LogP contribution >= 0.6 is 0 Å². The molecule has 1 amide bonds. The molecule has 5 nitrogen and oxygen atoms in total. The molecule has 1 aliphatic heterocycles. The van der Waals surface area contributed by atoms with Crippen LogP contribution in [0, 0.1) is 11.8 Å². The van der Waals surface area contributed by atoms with E-state index in [-0.39, 0.29) is 11.9 Å². The van der Waals surface area contributed by atoms with Crippen molar-refractivity contribution in [2.75, 3.05) is 6.54 Å². The average Bonchev–Trinajstić information content (AvgIpc) is 2.38. The Labute approximate surface area is 120 Å². The summed E-state index contributed by atoms with van der Waals surface area (Å²) in [6, 6.07) is -0.243. The highest BCUT2D eigenvalue weighted by Gasteiger charge is 2.44. The van der Waals surface area contributed by atoms with Gasteiger partial charge in [0, 0.05) is 0 Å². The van der Waals surface area contributed by atoms with Crippen molar-refractivity contribution in [1.29, 1.82) is 0 Å². The van der Waals surface area contributed by atoms with E-state index >= 15 is 0 Å². The molecule has 0 radical (unpaired) electrons. The first-order valence-corrected chi connectivity index (χ1v) is 7.72. The Morgan fingerprint density at radius 2 is 2.00 bits per heavy atom. The van der Waals surface area contributed by atoms with Gasteiger partial charge in [-0.1, -0.05) is 26.7 Å². The van der Waals surface area contributed by atoms with Gasteiger partial charge < -0.3 is 15.7 Å². The maximum atomic E-state index is 12.4. The van der Waals surface area contributed by atoms with Crippen molar-refractivity contribution in [2.45, 2.75) is 64.0 Å². The van der Waals surface area contributed by atoms with Crippen LogP contribution in [0.1, 0.15) is 52.4 Å². The fourth-order valence-electron chi connectivity index (χ4n) is 3.54. The van der Waals surface area contributed by atoms with E-state index < -0.39 is 11.5 Å². The fourth-order valence-corrected chi connectivity index (χ4v) is 3.54. The Bertz CT molecular complexity index is 385. The molecule has 2 rings (SSSR count). The minimum absolute atomic E-state index is 0.145. The van der Waals surface area contributed by atoms with Crippen LogP contribution in [0.15, 0.2) is 0 Å². The first-order valence-electron chi connectivity index (χ1n) is 7.72. The summed E-state index contributed by atoms with van der Waals surface area (Å²) in [5, 5.41) is 15.6. The van der Waals surface area contributed by atoms with Gasteiger partial charge in [0.25, 0.3) is 0 Å². The predicted octanol–water partition coefficient (Wildman–Crippen LogP) is 1.52. The van der Waals surface area contributed by atoms with Crippen molar-refractivity contribution in [1.82, 2.24) is 10.6 Å². The second-order valence-electron chi connectivity index (χ2n) is 6.71. The third-order valence-corrected chi connectivity index (χ3v) is 4.75. The summed E-state index contributed by atoms with van der Waals surface area (Å²) < 4.78 is 0. The molecular weight excluding hydrogens is 256 g/mol. The smallest absolute Gasteiger partial charge is 0.329 e. The van der Waals surface area contributed by atoms with E-state index in [2.05, 4.69) is 24.5 Å². The molecule has 0 bridgehead atoms. The number of carboxylic acids is 1. The lowest BCUT2D eigenvalue weighted by molar-refractivity contribution is -0.150. The molecule has 20 heavy (non-hydrogen) atoms. The summed E-state index contributed by atoms with van der Waals surface area (Å²) in [7, 11) is 0. The van der Waals surface area contributed by atoms with Gasteiger partial charge in [0.1, 0.15) is 5.54 Å². The van der Waals surface area contributed by atoms with Gasteiger partial charge in [0.2, 0.25) is 5.91 Å². The summed E-state index contributed by atoms with van der Waals surface area (Å²) >= 11 is 0. The Morgan fingerprint density at radius 3 is 2.60 bits per heavy atom. The highest BCUT2D eigenvalue weighted by atomic mass is 16.4. The van der Waals surface area contributed by atoms with E-state index in [1.807, 2.05) is 0 Å². The summed E-state index contributed by atoms with van der Waals surface area (Å²) in [5.41, 5.74) is -1.06. The Kier molecular flexibility index (Phi) is 4.68. The van der Waals surface area contributed by atoms with Crippen LogP contribution in [0.2, 0.25) is 0 Å². The molecule has 0 aromatic carbocycles. The summed E-state index contributed by atoms with van der Waals surface area (Å²) in [6.45, 7) is 5.02. The lowest BCUT2D eigenvalue weighted by atomic mass is 9.76. The average molecular weight is 282 g/mol. The van der Waals surface area contributed by atoms with Crippen LogP contribution in [-0.4, -0.2) is 35.1 Å². The van der Waals surface area contributed by atoms with Gasteiger partial charge in [0.05, 0.1) is 6.04 Å². The number of rotatable bonds is 3. The number of carbonyl (C=O) groups is 2. The number of amides is 1. The molecule has 1 saturated carbocycles. The molecule has 2 aliphatic rings. The van der Waals surface area contributed by atoms with Gasteiger partial charge in [-0.15, -0.1) is 0 Å². The molecule has 4 atom stereocenters. The molecule has 0 spiro atoms. The lowest BCUT2D eigenvalue weighted by Gasteiger charge is -2.38. The fraction of sp³-hybridized carbons (Fsp3) is 0.867. The Morgan fingerprint density at radius 1 is 1.25 bits per heavy atom. The topological polar surface area (TPSA) is 78.4 Å². The van der Waals surface area contributed by atoms with Crippen LogP contribution < -0.4 is 10.6 Å². The second-order valence-corrected chi connectivity index (χ2v) is 6.71. The lowest BCUT2D eigenvalue weighted by Crippen LogP contribution is -2.61. The number of carbonyl (C=O) groups excluding carboxylic acids is 1. The summed E-state index contributed by atoms with van der Waals surface area (Å²) in [4.78, 5) is 24.1. The van der Waals surface area contributed by atoms with Crippen molar-refractivity contribution in [3.05, 3.63) is 0 Å². The van der Waals surface area contributed by atoms with Crippen molar-refractivity contribution >= 4 is 11.9 Å². The van der Waals surface area contributed by atoms with E-state index in [1.54, 1.807) is 0 Å². The van der Waals surface area contributed by atoms with Gasteiger partial charge in [-0.05, 0) is 44.1 Å². The summed E-state index contributed by atoms with van der Waals surface area (Å²) in [6.07, 6.45) is 4.85. The first-order chi connectivity index (χ1) is 9.43. The molecule has 3 N–H and O–H groups in total. The van der Waals surface area contributed by atoms with Crippen LogP contribution in [0.3, 0.4) is 0 Å². The zero-order valence-corrected chi connectivity index (χ0v) is 12.4. The van der Waals surface area contributed by atoms with Crippen LogP contribution in [0.4, 0.5) is 0 Å². The van der Waals surface area contributed by atoms with Gasteiger partial charge in [-0.2, -0.15) is 0 Å². The van der Waals surface area contributed by atoms with Crippen LogP contribution in [0.5, 0.6) is 0 Å². The summed E-state index contributed by atoms with van der Waals surface area (Å²) in [5.74, 6) is -0.175. The van der Waals surface area contributed by atoms with E-state index in [4.69, 9.17) is 0 Å². The Balaban J connectivity index is 2.04. The van der Waals surface area contributed by atoms with Crippen LogP contribution in [-0.2, 0) is 9.59 Å². The maximum absolute atomic E-state index is 12.4. The third-order valence-electron chi connectivity index (χ3n) is 4.75. The zero-order valence-electron chi connectivity index (χ0n) is 12.4. The SMILES string of the molecule is CC1CCNC(C(=O)NC2(C(=O)O)CCCC(C)C2)C1. The largest absolute Gasteiger partial charge is 0.480 e. The van der Waals surface area contributed by atoms with Gasteiger partial charge in [-0.25, -0.2) is 4.79 Å². The van der Waals surface area contributed by atoms with Crippen molar-refractivity contribution in [3.8, 4) is 0 Å². The third kappa shape index (κ3) is 3.32. The standard InChI is InChI=1S/C15H26N2O3/c1-10-5-7-16-12(8-10)13(18)17-15(14(19)20)6-3-4-11(2)9-15/h10-12,16H,3-9H2,1-2H3,(H,17,18)(H,19,20). The Hall–Kier alpha value is -1.10. The quantitative estimate of drug-likeness (QED) is 0.733. The van der Waals surface area contributed by atoms with Crippen molar-refractivity contribution in [3.63, 3.8) is 0 Å². The van der Waals surface area contributed by atoms with Gasteiger partial charge in [0.15, 0.2) is 0 Å². The predicted molar refractivity (Wildman–Crippen MR) is 76.3 cm³/mol. The van der Waals surface area contributed by atoms with Crippen LogP contribution in [0.25, 0.3) is 0 Å². The van der Waals surface area contributed by atoms with Crippen molar-refractivity contribution in [2.24, 2.45) is 11.8 Å². The molecule has 4 unspecified atom stereocenters. The van der Waals surface area contributed by atoms with E-state index in [1.165, 1.54) is 0 Å². The normalized spacial score (nSPS) is 38.2. The number of aliphatic carboxylic acids is 1. The maximum Gasteiger partial charge on any atom is 0.329 e. The second kappa shape index (κ2) is 6.12. The number of hydrogen-bond donors (Lipinski definition) is 3. The first kappa shape index (κ1) is 15.3. The molecule has 1 heterocycles. The zero-order chi connectivity index (χ0) is 14.8. The van der Waals surface area contributed by atoms with E-state index in [9.17, 15) is 14.7 Å². The molecule has 114 valence electrons. The van der Waals surface area contributed by atoms with E-state index in [0.29, 0.717) is 24.7 Å². The molecule has 0 aromatic heterocycles. The highest BCUT2D eigenvalue weighted by Crippen LogP contribution is 2.33. The molecule has 1 aliphatic carbocycles. The minimum Gasteiger partial charge on any atom is -0.480 e. The number of hydrogen-bond acceptors (Lipinski definition) is 3. The van der Waals surface area contributed by atoms with Gasteiger partial charge in [-0.3, -0.25) is 4.79 Å². The highest BCUT2D eigenvalue weighted by molar-refractivity contribution is 5.89. The number of nitrogens with one attached hydrogen (secondary N) is 2. The van der Waals surface area contributed by atoms with E-state index in [0.717, 1.165) is 32.2 Å². The molecular formula is C15H26N2O3. The number of piperidine rings is 1. The molecule has 2 fully saturated rings. The molecule has 5 heteroatoms. The van der Waals surface area contributed by atoms with Gasteiger partial charge >= 0.3 is 5.97 Å². The molecule has 1 saturated heterocycles. The van der Waals surface area contributed by atoms with Crippen molar-refractivity contribution < 1.29 is 14.7 Å². The minimum atomic E-state index is -1.06. The molecule has 0 aromatic rings.